The molecule has 0 aliphatic carbocycles. The SMILES string of the molecule is Nc1nonc1Cl. The Morgan fingerprint density at radius 2 is 2.29 bits per heavy atom. The molecule has 2 N–H and O–H groups in total. The van der Waals surface area contributed by atoms with Gasteiger partial charge in [0.25, 0.3) is 0 Å². The van der Waals surface area contributed by atoms with Crippen LogP contribution in [0.1, 0.15) is 0 Å². The minimum absolute atomic E-state index is 0.111. The van der Waals surface area contributed by atoms with E-state index in [1.54, 1.807) is 0 Å². The van der Waals surface area contributed by atoms with Gasteiger partial charge in [-0.3, -0.25) is 0 Å². The molecule has 7 heavy (non-hydrogen) atoms. The van der Waals surface area contributed by atoms with Crippen molar-refractivity contribution in [1.29, 1.82) is 0 Å². The molecule has 0 aromatic carbocycles. The van der Waals surface area contributed by atoms with Crippen LogP contribution in [0.15, 0.2) is 4.63 Å². The lowest BCUT2D eigenvalue weighted by Gasteiger charge is -1.69. The van der Waals surface area contributed by atoms with Gasteiger partial charge in [0.2, 0.25) is 11.0 Å². The number of halogens is 1. The lowest BCUT2D eigenvalue weighted by Crippen LogP contribution is -1.82. The number of hydrogen-bond donors (Lipinski definition) is 1. The van der Waals surface area contributed by atoms with Crippen LogP contribution >= 0.6 is 11.6 Å². The van der Waals surface area contributed by atoms with E-state index in [1.807, 2.05) is 0 Å². The fraction of sp³-hybridized carbons (Fsp3) is 0. The normalized spacial score (nSPS) is 9.29. The van der Waals surface area contributed by atoms with Crippen molar-refractivity contribution in [3.8, 4) is 0 Å². The maximum atomic E-state index is 5.23. The number of nitrogens with two attached hydrogens (primary N) is 1. The molecule has 0 atom stereocenters. The summed E-state index contributed by atoms with van der Waals surface area (Å²) in [6, 6.07) is 0. The first-order valence-electron chi connectivity index (χ1n) is 1.54. The third-order valence-electron chi connectivity index (χ3n) is 0.472. The first kappa shape index (κ1) is 4.39. The molecule has 5 heteroatoms. The van der Waals surface area contributed by atoms with Crippen molar-refractivity contribution in [1.82, 2.24) is 10.3 Å². The van der Waals surface area contributed by atoms with Crippen LogP contribution in [0.25, 0.3) is 0 Å². The maximum Gasteiger partial charge on any atom is 0.217 e. The molecular weight excluding hydrogens is 117 g/mol. The van der Waals surface area contributed by atoms with E-state index < -0.39 is 0 Å². The van der Waals surface area contributed by atoms with Crippen LogP contribution in [-0.4, -0.2) is 10.3 Å². The van der Waals surface area contributed by atoms with Gasteiger partial charge < -0.3 is 5.73 Å². The molecule has 0 bridgehead atoms. The van der Waals surface area contributed by atoms with E-state index in [4.69, 9.17) is 17.3 Å². The Labute approximate surface area is 44.2 Å². The molecule has 4 nitrogen and oxygen atoms in total. The highest BCUT2D eigenvalue weighted by Gasteiger charge is 1.97. The lowest BCUT2D eigenvalue weighted by molar-refractivity contribution is 0.309. The van der Waals surface area contributed by atoms with Crippen LogP contribution in [-0.2, 0) is 0 Å². The average molecular weight is 120 g/mol. The van der Waals surface area contributed by atoms with Crippen molar-refractivity contribution in [2.75, 3.05) is 5.73 Å². The molecule has 0 aliphatic rings. The predicted octanol–water partition coefficient (Wildman–Crippen LogP) is 0.305. The van der Waals surface area contributed by atoms with Gasteiger partial charge in [0.1, 0.15) is 0 Å². The highest BCUT2D eigenvalue weighted by Crippen LogP contribution is 2.09. The zero-order valence-electron chi connectivity index (χ0n) is 3.26. The summed E-state index contributed by atoms with van der Waals surface area (Å²) in [5.74, 6) is 0.127. The monoisotopic (exact) mass is 119 g/mol. The van der Waals surface area contributed by atoms with Crippen LogP contribution in [0.2, 0.25) is 5.15 Å². The van der Waals surface area contributed by atoms with E-state index in [1.165, 1.54) is 0 Å². The summed E-state index contributed by atoms with van der Waals surface area (Å²) in [4.78, 5) is 0. The summed E-state index contributed by atoms with van der Waals surface area (Å²) < 4.78 is 4.09. The number of rotatable bonds is 0. The molecule has 0 radical (unpaired) electrons. The Balaban J connectivity index is 3.12. The molecule has 0 spiro atoms. The third-order valence-corrected chi connectivity index (χ3v) is 0.734. The quantitative estimate of drug-likeness (QED) is 0.534. The molecule has 1 aromatic heterocycles. The van der Waals surface area contributed by atoms with Crippen molar-refractivity contribution in [3.63, 3.8) is 0 Å². The first-order chi connectivity index (χ1) is 3.30. The summed E-state index contributed by atoms with van der Waals surface area (Å²) >= 11 is 5.23. The van der Waals surface area contributed by atoms with E-state index in [0.29, 0.717) is 0 Å². The summed E-state index contributed by atoms with van der Waals surface area (Å²) in [6.07, 6.45) is 0. The predicted molar refractivity (Wildman–Crippen MR) is 23.7 cm³/mol. The number of nitrogen functional groups attached to an aromatic ring is 1. The minimum atomic E-state index is 0.111. The number of nitrogens with zero attached hydrogens (tertiary/aromatic N) is 2. The molecule has 0 saturated carbocycles. The van der Waals surface area contributed by atoms with Crippen molar-refractivity contribution in [2.24, 2.45) is 0 Å². The Morgan fingerprint density at radius 3 is 2.43 bits per heavy atom. The van der Waals surface area contributed by atoms with Gasteiger partial charge in [0, 0.05) is 0 Å². The summed E-state index contributed by atoms with van der Waals surface area (Å²) in [5.41, 5.74) is 5.04. The molecule has 0 fully saturated rings. The van der Waals surface area contributed by atoms with E-state index in [-0.39, 0.29) is 11.0 Å². The van der Waals surface area contributed by atoms with Gasteiger partial charge in [-0.2, -0.15) is 0 Å². The molecule has 0 aliphatic heterocycles. The Hall–Kier alpha value is -0.770. The van der Waals surface area contributed by atoms with Crippen LogP contribution < -0.4 is 5.73 Å². The third kappa shape index (κ3) is 0.640. The Bertz CT molecular complexity index is 145. The van der Waals surface area contributed by atoms with Crippen molar-refractivity contribution >= 4 is 17.4 Å². The number of hydrogen-bond acceptors (Lipinski definition) is 4. The van der Waals surface area contributed by atoms with Crippen LogP contribution in [0.4, 0.5) is 5.82 Å². The summed E-state index contributed by atoms with van der Waals surface area (Å²) in [7, 11) is 0. The second-order valence-corrected chi connectivity index (χ2v) is 1.30. The van der Waals surface area contributed by atoms with Crippen molar-refractivity contribution < 1.29 is 4.63 Å². The van der Waals surface area contributed by atoms with Gasteiger partial charge in [0.05, 0.1) is 0 Å². The number of aromatic nitrogens is 2. The molecule has 1 heterocycles. The van der Waals surface area contributed by atoms with Crippen molar-refractivity contribution in [3.05, 3.63) is 5.15 Å². The lowest BCUT2D eigenvalue weighted by atomic mass is 10.8. The van der Waals surface area contributed by atoms with Gasteiger partial charge in [0.15, 0.2) is 0 Å². The van der Waals surface area contributed by atoms with Gasteiger partial charge in [-0.1, -0.05) is 11.6 Å². The van der Waals surface area contributed by atoms with Gasteiger partial charge in [-0.15, -0.1) is 0 Å². The second kappa shape index (κ2) is 1.38. The van der Waals surface area contributed by atoms with Gasteiger partial charge >= 0.3 is 0 Å². The highest BCUT2D eigenvalue weighted by molar-refractivity contribution is 6.31. The van der Waals surface area contributed by atoms with Crippen LogP contribution in [0.5, 0.6) is 0 Å². The fourth-order valence-corrected chi connectivity index (χ4v) is 0.250. The molecule has 1 rings (SSSR count). The van der Waals surface area contributed by atoms with E-state index in [0.717, 1.165) is 0 Å². The molecule has 0 amide bonds. The maximum absolute atomic E-state index is 5.23. The summed E-state index contributed by atoms with van der Waals surface area (Å²) in [5, 5.41) is 6.46. The van der Waals surface area contributed by atoms with E-state index in [2.05, 4.69) is 14.9 Å². The standard InChI is InChI=1S/C2H2ClN3O/c3-1-2(4)6-7-5-1/h(H2,4,6). The van der Waals surface area contributed by atoms with E-state index >= 15 is 0 Å². The van der Waals surface area contributed by atoms with Crippen LogP contribution in [0.3, 0.4) is 0 Å². The zero-order valence-corrected chi connectivity index (χ0v) is 4.01. The largest absolute Gasteiger partial charge is 0.378 e. The molecule has 38 valence electrons. The van der Waals surface area contributed by atoms with Crippen molar-refractivity contribution in [2.45, 2.75) is 0 Å². The van der Waals surface area contributed by atoms with E-state index in [9.17, 15) is 0 Å². The first-order valence-corrected chi connectivity index (χ1v) is 1.92. The highest BCUT2D eigenvalue weighted by atomic mass is 35.5. The Kier molecular flexibility index (Phi) is 0.867. The fourth-order valence-electron chi connectivity index (χ4n) is 0.185. The second-order valence-electron chi connectivity index (χ2n) is 0.940. The Morgan fingerprint density at radius 1 is 1.57 bits per heavy atom. The zero-order chi connectivity index (χ0) is 5.28. The van der Waals surface area contributed by atoms with Gasteiger partial charge in [-0.25, -0.2) is 4.63 Å². The molecular formula is C2H2ClN3O. The minimum Gasteiger partial charge on any atom is -0.378 e. The number of anilines is 1. The topological polar surface area (TPSA) is 64.9 Å². The molecule has 0 saturated heterocycles. The summed E-state index contributed by atoms with van der Waals surface area (Å²) in [6.45, 7) is 0. The van der Waals surface area contributed by atoms with Gasteiger partial charge in [-0.05, 0) is 10.3 Å². The smallest absolute Gasteiger partial charge is 0.217 e. The average Bonchev–Trinajstić information content (AvgIpc) is 1.91. The molecule has 0 unspecified atom stereocenters. The molecule has 1 aromatic rings. The van der Waals surface area contributed by atoms with Crippen LogP contribution in [0, 0.1) is 0 Å².